The van der Waals surface area contributed by atoms with Crippen LogP contribution in [-0.4, -0.2) is 30.3 Å². The number of piperidine rings is 1. The highest BCUT2D eigenvalue weighted by atomic mass is 35.5. The van der Waals surface area contributed by atoms with Crippen LogP contribution in [0.15, 0.2) is 18.2 Å². The Balaban J connectivity index is 2.17. The first-order chi connectivity index (χ1) is 9.08. The van der Waals surface area contributed by atoms with Crippen molar-refractivity contribution in [1.29, 1.82) is 0 Å². The molecule has 0 atom stereocenters. The lowest BCUT2D eigenvalue weighted by Gasteiger charge is -2.33. The van der Waals surface area contributed by atoms with E-state index in [4.69, 9.17) is 11.6 Å². The van der Waals surface area contributed by atoms with Crippen LogP contribution in [0.25, 0.3) is 0 Å². The van der Waals surface area contributed by atoms with Crippen LogP contribution in [0, 0.1) is 0 Å². The Bertz CT molecular complexity index is 415. The van der Waals surface area contributed by atoms with E-state index in [0.29, 0.717) is 6.04 Å². The van der Waals surface area contributed by atoms with Crippen molar-refractivity contribution in [3.63, 3.8) is 0 Å². The molecule has 0 amide bonds. The molecule has 4 heteroatoms. The first-order valence-electron chi connectivity index (χ1n) is 7.01. The molecule has 0 radical (unpaired) electrons. The maximum absolute atomic E-state index is 9.62. The number of hydrogen-bond acceptors (Lipinski definition) is 3. The predicted octanol–water partition coefficient (Wildman–Crippen LogP) is 2.80. The van der Waals surface area contributed by atoms with E-state index in [1.54, 1.807) is 0 Å². The zero-order valence-corrected chi connectivity index (χ0v) is 12.5. The lowest BCUT2D eigenvalue weighted by atomic mass is 10.0. The Labute approximate surface area is 120 Å². The molecule has 2 N–H and O–H groups in total. The molecule has 0 bridgehead atoms. The van der Waals surface area contributed by atoms with Gasteiger partial charge in [-0.25, -0.2) is 0 Å². The third-order valence-corrected chi connectivity index (χ3v) is 3.86. The van der Waals surface area contributed by atoms with Gasteiger partial charge in [0.25, 0.3) is 0 Å². The molecule has 3 nitrogen and oxygen atoms in total. The minimum absolute atomic E-state index is 0.157. The second-order valence-electron chi connectivity index (χ2n) is 5.50. The zero-order chi connectivity index (χ0) is 13.8. The summed E-state index contributed by atoms with van der Waals surface area (Å²) in [6.45, 7) is 6.86. The molecule has 0 aliphatic carbocycles. The van der Waals surface area contributed by atoms with Gasteiger partial charge in [0, 0.05) is 25.7 Å². The smallest absolute Gasteiger partial charge is 0.0642 e. The van der Waals surface area contributed by atoms with E-state index in [1.807, 2.05) is 12.1 Å². The molecule has 0 unspecified atom stereocenters. The number of rotatable bonds is 4. The molecule has 1 aromatic carbocycles. The molecular weight excluding hydrogens is 260 g/mol. The molecule has 1 aromatic rings. The van der Waals surface area contributed by atoms with E-state index in [2.05, 4.69) is 30.1 Å². The van der Waals surface area contributed by atoms with E-state index < -0.39 is 0 Å². The fourth-order valence-electron chi connectivity index (χ4n) is 2.46. The molecule has 0 spiro atoms. The first-order valence-corrected chi connectivity index (χ1v) is 7.39. The van der Waals surface area contributed by atoms with Crippen molar-refractivity contribution in [2.45, 2.75) is 45.4 Å². The molecule has 1 fully saturated rings. The molecule has 0 saturated carbocycles. The minimum atomic E-state index is -0.157. The summed E-state index contributed by atoms with van der Waals surface area (Å²) in [6, 6.07) is 6.53. The van der Waals surface area contributed by atoms with Crippen LogP contribution < -0.4 is 10.2 Å². The largest absolute Gasteiger partial charge is 0.393 e. The predicted molar refractivity (Wildman–Crippen MR) is 80.9 cm³/mol. The highest BCUT2D eigenvalue weighted by Gasteiger charge is 2.21. The summed E-state index contributed by atoms with van der Waals surface area (Å²) in [6.07, 6.45) is 1.49. The van der Waals surface area contributed by atoms with Crippen molar-refractivity contribution in [3.8, 4) is 0 Å². The highest BCUT2D eigenvalue weighted by Crippen LogP contribution is 2.32. The molecule has 106 valence electrons. The summed E-state index contributed by atoms with van der Waals surface area (Å²) < 4.78 is 0. The maximum atomic E-state index is 9.62. The highest BCUT2D eigenvalue weighted by molar-refractivity contribution is 6.33. The Kier molecular flexibility index (Phi) is 5.08. The van der Waals surface area contributed by atoms with Gasteiger partial charge in [0.05, 0.1) is 16.8 Å². The fraction of sp³-hybridized carbons (Fsp3) is 0.600. The molecule has 1 aliphatic heterocycles. The molecule has 1 heterocycles. The van der Waals surface area contributed by atoms with Crippen molar-refractivity contribution >= 4 is 17.3 Å². The van der Waals surface area contributed by atoms with Crippen LogP contribution in [0.2, 0.25) is 5.02 Å². The van der Waals surface area contributed by atoms with Gasteiger partial charge in [-0.2, -0.15) is 0 Å². The Morgan fingerprint density at radius 2 is 2.05 bits per heavy atom. The molecular formula is C15H23ClN2O. The van der Waals surface area contributed by atoms with E-state index >= 15 is 0 Å². The van der Waals surface area contributed by atoms with Crippen LogP contribution in [0.5, 0.6) is 0 Å². The third kappa shape index (κ3) is 3.85. The molecule has 1 aliphatic rings. The normalized spacial score (nSPS) is 17.2. The first kappa shape index (κ1) is 14.6. The Hall–Kier alpha value is -0.770. The van der Waals surface area contributed by atoms with Gasteiger partial charge in [0.1, 0.15) is 0 Å². The summed E-state index contributed by atoms with van der Waals surface area (Å²) in [5.74, 6) is 0. The standard InChI is InChI=1S/C15H23ClN2O/c1-11(2)17-10-12-4-3-5-14(16)15(12)18-8-6-13(19)7-9-18/h3-5,11,13,17,19H,6-10H2,1-2H3. The summed E-state index contributed by atoms with van der Waals surface area (Å²) in [7, 11) is 0. The lowest BCUT2D eigenvalue weighted by Crippen LogP contribution is -2.37. The van der Waals surface area contributed by atoms with E-state index in [9.17, 15) is 5.11 Å². The van der Waals surface area contributed by atoms with Gasteiger partial charge in [-0.15, -0.1) is 0 Å². The number of aliphatic hydroxyl groups is 1. The summed E-state index contributed by atoms with van der Waals surface area (Å²) >= 11 is 6.38. The van der Waals surface area contributed by atoms with Crippen molar-refractivity contribution in [2.24, 2.45) is 0 Å². The number of aliphatic hydroxyl groups excluding tert-OH is 1. The average molecular weight is 283 g/mol. The second-order valence-corrected chi connectivity index (χ2v) is 5.91. The Morgan fingerprint density at radius 3 is 2.68 bits per heavy atom. The number of benzene rings is 1. The van der Waals surface area contributed by atoms with Crippen LogP contribution in [-0.2, 0) is 6.54 Å². The third-order valence-electron chi connectivity index (χ3n) is 3.55. The number of nitrogens with one attached hydrogen (secondary N) is 1. The van der Waals surface area contributed by atoms with Gasteiger partial charge in [-0.1, -0.05) is 37.6 Å². The zero-order valence-electron chi connectivity index (χ0n) is 11.7. The van der Waals surface area contributed by atoms with E-state index in [0.717, 1.165) is 43.2 Å². The maximum Gasteiger partial charge on any atom is 0.0642 e. The average Bonchev–Trinajstić information content (AvgIpc) is 2.38. The van der Waals surface area contributed by atoms with Gasteiger partial charge >= 0.3 is 0 Å². The van der Waals surface area contributed by atoms with Crippen LogP contribution in [0.1, 0.15) is 32.3 Å². The van der Waals surface area contributed by atoms with Crippen molar-refractivity contribution in [2.75, 3.05) is 18.0 Å². The number of anilines is 1. The second kappa shape index (κ2) is 6.60. The SMILES string of the molecule is CC(C)NCc1cccc(Cl)c1N1CCC(O)CC1. The van der Waals surface area contributed by atoms with Gasteiger partial charge < -0.3 is 15.3 Å². The topological polar surface area (TPSA) is 35.5 Å². The molecule has 2 rings (SSSR count). The van der Waals surface area contributed by atoms with Crippen LogP contribution in [0.3, 0.4) is 0 Å². The molecule has 1 saturated heterocycles. The number of para-hydroxylation sites is 1. The van der Waals surface area contributed by atoms with E-state index in [1.165, 1.54) is 5.56 Å². The van der Waals surface area contributed by atoms with E-state index in [-0.39, 0.29) is 6.10 Å². The molecule has 19 heavy (non-hydrogen) atoms. The fourth-order valence-corrected chi connectivity index (χ4v) is 2.77. The van der Waals surface area contributed by atoms with Gasteiger partial charge in [0.2, 0.25) is 0 Å². The van der Waals surface area contributed by atoms with Gasteiger partial charge in [0.15, 0.2) is 0 Å². The number of hydrogen-bond donors (Lipinski definition) is 2. The van der Waals surface area contributed by atoms with Crippen molar-refractivity contribution < 1.29 is 5.11 Å². The lowest BCUT2D eigenvalue weighted by molar-refractivity contribution is 0.145. The number of halogens is 1. The van der Waals surface area contributed by atoms with Crippen LogP contribution >= 0.6 is 11.6 Å². The molecule has 0 aromatic heterocycles. The minimum Gasteiger partial charge on any atom is -0.393 e. The quantitative estimate of drug-likeness (QED) is 0.891. The van der Waals surface area contributed by atoms with Crippen LogP contribution in [0.4, 0.5) is 5.69 Å². The number of nitrogens with zero attached hydrogens (tertiary/aromatic N) is 1. The monoisotopic (exact) mass is 282 g/mol. The summed E-state index contributed by atoms with van der Waals surface area (Å²) in [5.41, 5.74) is 2.36. The van der Waals surface area contributed by atoms with Gasteiger partial charge in [-0.05, 0) is 24.5 Å². The summed E-state index contributed by atoms with van der Waals surface area (Å²) in [5, 5.41) is 13.9. The van der Waals surface area contributed by atoms with Crippen molar-refractivity contribution in [1.82, 2.24) is 5.32 Å². The summed E-state index contributed by atoms with van der Waals surface area (Å²) in [4.78, 5) is 2.30. The van der Waals surface area contributed by atoms with Gasteiger partial charge in [-0.3, -0.25) is 0 Å². The van der Waals surface area contributed by atoms with Crippen molar-refractivity contribution in [3.05, 3.63) is 28.8 Å². The Morgan fingerprint density at radius 1 is 1.37 bits per heavy atom.